The number of H-pyrrole nitrogens is 1. The Balaban J connectivity index is 1.36. The average Bonchev–Trinajstić information content (AvgIpc) is 3.41. The fourth-order valence-corrected chi connectivity index (χ4v) is 5.70. The number of aliphatic hydroxyl groups excluding tert-OH is 5. The van der Waals surface area contributed by atoms with Crippen molar-refractivity contribution in [3.05, 3.63) is 16.7 Å². The van der Waals surface area contributed by atoms with E-state index in [0.29, 0.717) is 0 Å². The van der Waals surface area contributed by atoms with Crippen molar-refractivity contribution >= 4 is 32.8 Å². The van der Waals surface area contributed by atoms with Gasteiger partial charge in [0.2, 0.25) is 5.95 Å². The van der Waals surface area contributed by atoms with E-state index < -0.39 is 83.6 Å². The predicted octanol–water partition coefficient (Wildman–Crippen LogP) is -3.99. The molecule has 2 aromatic heterocycles. The summed E-state index contributed by atoms with van der Waals surface area (Å²) in [6.45, 7) is -1.87. The maximum atomic E-state index is 12.2. The molecule has 0 bridgehead atoms. The van der Waals surface area contributed by atoms with Crippen LogP contribution in [0.5, 0.6) is 0 Å². The highest BCUT2D eigenvalue weighted by Crippen LogP contribution is 2.60. The third-order valence-electron chi connectivity index (χ3n) is 5.41. The third kappa shape index (κ3) is 5.92. The van der Waals surface area contributed by atoms with E-state index >= 15 is 0 Å². The second-order valence-corrected chi connectivity index (χ2v) is 11.0. The van der Waals surface area contributed by atoms with Crippen LogP contribution in [0.1, 0.15) is 6.23 Å². The summed E-state index contributed by atoms with van der Waals surface area (Å²) < 4.78 is 48.6. The van der Waals surface area contributed by atoms with Gasteiger partial charge in [-0.25, -0.2) is 14.1 Å². The first-order valence-corrected chi connectivity index (χ1v) is 13.3. The lowest BCUT2D eigenvalue weighted by Gasteiger charge is -2.20. The number of ether oxygens (including phenoxy) is 2. The molecular weight excluding hydrogens is 552 g/mol. The number of nitrogen functional groups attached to an aromatic ring is 1. The summed E-state index contributed by atoms with van der Waals surface area (Å²) in [5.41, 5.74) is 4.60. The van der Waals surface area contributed by atoms with Crippen LogP contribution in [-0.2, 0) is 32.0 Å². The number of hydrogen-bond acceptors (Lipinski definition) is 16. The molecule has 0 amide bonds. The Bertz CT molecular complexity index is 1290. The molecule has 2 aromatic rings. The highest BCUT2D eigenvalue weighted by Gasteiger charge is 2.47. The minimum Gasteiger partial charge on any atom is -0.387 e. The zero-order valence-corrected chi connectivity index (χ0v) is 20.1. The number of imidazole rings is 1. The van der Waals surface area contributed by atoms with Crippen LogP contribution in [0.2, 0.25) is 0 Å². The molecule has 0 spiro atoms. The smallest absolute Gasteiger partial charge is 0.387 e. The van der Waals surface area contributed by atoms with E-state index in [9.17, 15) is 49.2 Å². The molecule has 0 saturated carbocycles. The number of nitrogens with one attached hydrogen (secondary N) is 1. The van der Waals surface area contributed by atoms with Crippen molar-refractivity contribution in [3.63, 3.8) is 0 Å². The van der Waals surface area contributed by atoms with Gasteiger partial charge in [-0.15, -0.1) is 0 Å². The summed E-state index contributed by atoms with van der Waals surface area (Å²) >= 11 is 0. The molecule has 2 saturated heterocycles. The average molecular weight is 575 g/mol. The number of nitrogens with zero attached hydrogens (tertiary/aromatic N) is 3. The molecule has 4 rings (SSSR count). The van der Waals surface area contributed by atoms with Crippen LogP contribution in [0.3, 0.4) is 0 Å². The van der Waals surface area contributed by atoms with E-state index in [0.717, 1.165) is 10.9 Å². The molecule has 0 aliphatic carbocycles. The molecule has 2 fully saturated rings. The Kier molecular flexibility index (Phi) is 7.88. The van der Waals surface area contributed by atoms with Gasteiger partial charge >= 0.3 is 15.6 Å². The number of phosphoric acid groups is 2. The zero-order chi connectivity index (χ0) is 27.3. The van der Waals surface area contributed by atoms with E-state index in [2.05, 4.69) is 28.3 Å². The SMILES string of the molecule is Nc1nc2c(ncn2[C@@H]2O[C@H](COP(=O)(O)OP(=O)(O)OC[C@H]3O[C@H](O)[C@H](O)[C@@H]3O)[C@H](O)[C@H]2O)c(=O)[nH]1. The van der Waals surface area contributed by atoms with Crippen molar-refractivity contribution in [2.24, 2.45) is 0 Å². The molecule has 20 nitrogen and oxygen atoms in total. The van der Waals surface area contributed by atoms with E-state index in [1.807, 2.05) is 0 Å². The van der Waals surface area contributed by atoms with E-state index in [4.69, 9.17) is 15.2 Å². The fraction of sp³-hybridized carbons (Fsp3) is 0.667. The molecule has 22 heteroatoms. The summed E-state index contributed by atoms with van der Waals surface area (Å²) in [6, 6.07) is 0. The first kappa shape index (κ1) is 28.1. The van der Waals surface area contributed by atoms with Crippen molar-refractivity contribution < 1.29 is 67.3 Å². The molecule has 0 radical (unpaired) electrons. The molecule has 208 valence electrons. The van der Waals surface area contributed by atoms with Crippen molar-refractivity contribution in [3.8, 4) is 0 Å². The van der Waals surface area contributed by atoms with E-state index in [1.165, 1.54) is 0 Å². The van der Waals surface area contributed by atoms with Gasteiger partial charge in [0.1, 0.15) is 36.6 Å². The lowest BCUT2D eigenvalue weighted by atomic mass is 10.1. The van der Waals surface area contributed by atoms with E-state index in [-0.39, 0.29) is 17.1 Å². The fourth-order valence-electron chi connectivity index (χ4n) is 3.61. The predicted molar refractivity (Wildman–Crippen MR) is 114 cm³/mol. The summed E-state index contributed by atoms with van der Waals surface area (Å²) in [5, 5.41) is 49.0. The quantitative estimate of drug-likeness (QED) is 0.129. The number of phosphoric ester groups is 2. The van der Waals surface area contributed by atoms with Crippen molar-refractivity contribution in [1.29, 1.82) is 0 Å². The number of nitrogens with two attached hydrogens (primary N) is 1. The van der Waals surface area contributed by atoms with Crippen LogP contribution in [-0.4, -0.2) is 111 Å². The first-order valence-electron chi connectivity index (χ1n) is 10.3. The zero-order valence-electron chi connectivity index (χ0n) is 18.3. The Morgan fingerprint density at radius 3 is 2.11 bits per heavy atom. The molecule has 2 aliphatic heterocycles. The lowest BCUT2D eigenvalue weighted by Crippen LogP contribution is -2.34. The highest BCUT2D eigenvalue weighted by molar-refractivity contribution is 7.61. The van der Waals surface area contributed by atoms with Crippen LogP contribution in [0, 0.1) is 0 Å². The maximum Gasteiger partial charge on any atom is 0.481 e. The molecule has 10 atom stereocenters. The molecule has 2 aliphatic rings. The number of aromatic amines is 1. The summed E-state index contributed by atoms with van der Waals surface area (Å²) in [4.78, 5) is 41.4. The first-order chi connectivity index (χ1) is 17.2. The van der Waals surface area contributed by atoms with Gasteiger partial charge in [-0.3, -0.25) is 23.4 Å². The molecule has 10 N–H and O–H groups in total. The number of aliphatic hydroxyl groups is 5. The standard InChI is InChI=1S/C15H23N5O15P2/c16-15-18-11-6(12(25)19-15)17-3-20(11)13-9(23)7(21)4(33-13)1-31-36(27,28)35-37(29,30)32-2-5-8(22)10(24)14(26)34-5/h3-5,7-10,13-14,21-24,26H,1-2H2,(H,27,28)(H,29,30)(H3,16,18,19,25)/t4-,5-,7+,8-,9-,10-,13-,14+/m1/s1. The van der Waals surface area contributed by atoms with Gasteiger partial charge in [0, 0.05) is 0 Å². The van der Waals surface area contributed by atoms with Crippen LogP contribution in [0.15, 0.2) is 11.1 Å². The van der Waals surface area contributed by atoms with Crippen molar-refractivity contribution in [2.45, 2.75) is 49.1 Å². The van der Waals surface area contributed by atoms with Gasteiger partial charge in [0.15, 0.2) is 23.7 Å². The monoisotopic (exact) mass is 575 g/mol. The summed E-state index contributed by atoms with van der Waals surface area (Å²) in [6.07, 6.45) is -11.8. The van der Waals surface area contributed by atoms with Gasteiger partial charge in [-0.1, -0.05) is 0 Å². The van der Waals surface area contributed by atoms with Gasteiger partial charge in [-0.2, -0.15) is 9.29 Å². The van der Waals surface area contributed by atoms with Crippen LogP contribution < -0.4 is 11.3 Å². The molecule has 4 heterocycles. The second kappa shape index (κ2) is 10.4. The number of rotatable bonds is 9. The van der Waals surface area contributed by atoms with Crippen LogP contribution in [0.4, 0.5) is 5.95 Å². The Morgan fingerprint density at radius 1 is 0.973 bits per heavy atom. The van der Waals surface area contributed by atoms with Crippen molar-refractivity contribution in [1.82, 2.24) is 19.5 Å². The van der Waals surface area contributed by atoms with Crippen molar-refractivity contribution in [2.75, 3.05) is 18.9 Å². The largest absolute Gasteiger partial charge is 0.481 e. The highest BCUT2D eigenvalue weighted by atomic mass is 31.3. The summed E-state index contributed by atoms with van der Waals surface area (Å²) in [5.74, 6) is -0.262. The Morgan fingerprint density at radius 2 is 1.54 bits per heavy atom. The van der Waals surface area contributed by atoms with Crippen LogP contribution >= 0.6 is 15.6 Å². The lowest BCUT2D eigenvalue weighted by molar-refractivity contribution is -0.132. The maximum absolute atomic E-state index is 12.2. The summed E-state index contributed by atoms with van der Waals surface area (Å²) in [7, 11) is -10.7. The molecule has 0 aromatic carbocycles. The van der Waals surface area contributed by atoms with E-state index in [1.54, 1.807) is 0 Å². The van der Waals surface area contributed by atoms with Gasteiger partial charge < -0.3 is 50.5 Å². The molecule has 2 unspecified atom stereocenters. The Hall–Kier alpha value is -1.87. The topological polar surface area (TPSA) is 311 Å². The number of anilines is 1. The van der Waals surface area contributed by atoms with Gasteiger partial charge in [0.05, 0.1) is 19.5 Å². The Labute approximate surface area is 205 Å². The normalized spacial score (nSPS) is 35.5. The van der Waals surface area contributed by atoms with Gasteiger partial charge in [-0.05, 0) is 0 Å². The molecule has 37 heavy (non-hydrogen) atoms. The third-order valence-corrected chi connectivity index (χ3v) is 8.01. The van der Waals surface area contributed by atoms with Crippen LogP contribution in [0.25, 0.3) is 11.2 Å². The number of aromatic nitrogens is 4. The minimum atomic E-state index is -5.35. The number of hydrogen-bond donors (Lipinski definition) is 9. The minimum absolute atomic E-state index is 0.0926. The second-order valence-electron chi connectivity index (χ2n) is 7.98. The molecular formula is C15H23N5O15P2. The number of fused-ring (bicyclic) bond motifs is 1. The van der Waals surface area contributed by atoms with Gasteiger partial charge in [0.25, 0.3) is 5.56 Å².